The van der Waals surface area contributed by atoms with Crippen LogP contribution in [0.25, 0.3) is 0 Å². The second kappa shape index (κ2) is 6.02. The number of hydrogen-bond donors (Lipinski definition) is 2. The van der Waals surface area contributed by atoms with Gasteiger partial charge in [-0.2, -0.15) is 10.5 Å². The minimum absolute atomic E-state index is 0.233. The van der Waals surface area contributed by atoms with Crippen LogP contribution >= 0.6 is 0 Å². The Morgan fingerprint density at radius 3 is 2.61 bits per heavy atom. The lowest BCUT2D eigenvalue weighted by atomic mass is 10.1. The molecule has 0 aliphatic heterocycles. The molecule has 0 saturated carbocycles. The highest BCUT2D eigenvalue weighted by Crippen LogP contribution is 2.16. The lowest BCUT2D eigenvalue weighted by Gasteiger charge is -2.07. The van der Waals surface area contributed by atoms with E-state index in [1.807, 2.05) is 6.07 Å². The summed E-state index contributed by atoms with van der Waals surface area (Å²) in [6, 6.07) is 8.39. The first kappa shape index (κ1) is 13.2. The number of nitriles is 2. The molecular weight excluding hydrogens is 232 g/mol. The van der Waals surface area contributed by atoms with Gasteiger partial charge in [0.2, 0.25) is 0 Å². The fraction of sp³-hybridized carbons (Fsp3) is 0.167. The number of anilines is 1. The molecule has 0 spiro atoms. The van der Waals surface area contributed by atoms with Gasteiger partial charge in [-0.15, -0.1) is 0 Å². The number of aryl methyl sites for hydroxylation is 1. The van der Waals surface area contributed by atoms with Crippen molar-refractivity contribution in [2.75, 3.05) is 11.9 Å². The number of nitrogens with zero attached hydrogens (tertiary/aromatic N) is 2. The number of amides is 2. The van der Waals surface area contributed by atoms with E-state index in [1.54, 1.807) is 25.1 Å². The summed E-state index contributed by atoms with van der Waals surface area (Å²) in [5.41, 5.74) is 1.51. The lowest BCUT2D eigenvalue weighted by molar-refractivity contribution is -0.136. The van der Waals surface area contributed by atoms with Crippen molar-refractivity contribution in [1.82, 2.24) is 5.32 Å². The average molecular weight is 242 g/mol. The maximum absolute atomic E-state index is 11.5. The number of carbonyl (C=O) groups is 2. The van der Waals surface area contributed by atoms with E-state index < -0.39 is 11.8 Å². The molecule has 0 saturated heterocycles. The Bertz CT molecular complexity index is 566. The molecule has 0 aromatic heterocycles. The molecule has 0 unspecified atom stereocenters. The Morgan fingerprint density at radius 2 is 2.00 bits per heavy atom. The molecular formula is C12H10N4O2. The highest BCUT2D eigenvalue weighted by molar-refractivity contribution is 6.39. The summed E-state index contributed by atoms with van der Waals surface area (Å²) in [7, 11) is 0. The number of carbonyl (C=O) groups excluding carboxylic acids is 2. The SMILES string of the molecule is Cc1ccc(C#N)cc1NC(=O)C(=O)NCC#N. The predicted octanol–water partition coefficient (Wildman–Crippen LogP) is 0.445. The molecule has 6 nitrogen and oxygen atoms in total. The Balaban J connectivity index is 2.79. The van der Waals surface area contributed by atoms with Gasteiger partial charge in [0.25, 0.3) is 0 Å². The van der Waals surface area contributed by atoms with Crippen LogP contribution in [0.5, 0.6) is 0 Å². The molecule has 0 fully saturated rings. The molecule has 0 radical (unpaired) electrons. The van der Waals surface area contributed by atoms with Crippen LogP contribution in [-0.2, 0) is 9.59 Å². The van der Waals surface area contributed by atoms with E-state index in [1.165, 1.54) is 6.07 Å². The van der Waals surface area contributed by atoms with Crippen molar-refractivity contribution in [2.24, 2.45) is 0 Å². The van der Waals surface area contributed by atoms with Gasteiger partial charge < -0.3 is 10.6 Å². The maximum Gasteiger partial charge on any atom is 0.313 e. The molecule has 18 heavy (non-hydrogen) atoms. The van der Waals surface area contributed by atoms with Crippen molar-refractivity contribution < 1.29 is 9.59 Å². The van der Waals surface area contributed by atoms with Crippen LogP contribution in [0, 0.1) is 29.6 Å². The Hall–Kier alpha value is -2.86. The van der Waals surface area contributed by atoms with E-state index in [9.17, 15) is 9.59 Å². The molecule has 2 N–H and O–H groups in total. The molecule has 1 rings (SSSR count). The van der Waals surface area contributed by atoms with Crippen molar-refractivity contribution in [3.8, 4) is 12.1 Å². The van der Waals surface area contributed by atoms with Crippen molar-refractivity contribution in [3.63, 3.8) is 0 Å². The minimum Gasteiger partial charge on any atom is -0.335 e. The van der Waals surface area contributed by atoms with Gasteiger partial charge >= 0.3 is 11.8 Å². The number of benzene rings is 1. The van der Waals surface area contributed by atoms with E-state index in [-0.39, 0.29) is 6.54 Å². The highest BCUT2D eigenvalue weighted by atomic mass is 16.2. The first-order valence-electron chi connectivity index (χ1n) is 5.05. The summed E-state index contributed by atoms with van der Waals surface area (Å²) in [6.07, 6.45) is 0. The fourth-order valence-electron chi connectivity index (χ4n) is 1.21. The Labute approximate surface area is 104 Å². The van der Waals surface area contributed by atoms with E-state index in [2.05, 4.69) is 10.6 Å². The molecule has 0 atom stereocenters. The van der Waals surface area contributed by atoms with E-state index in [4.69, 9.17) is 10.5 Å². The summed E-state index contributed by atoms with van der Waals surface area (Å²) < 4.78 is 0. The van der Waals surface area contributed by atoms with Crippen LogP contribution in [0.15, 0.2) is 18.2 Å². The topological polar surface area (TPSA) is 106 Å². The number of nitrogens with one attached hydrogen (secondary N) is 2. The van der Waals surface area contributed by atoms with Crippen molar-refractivity contribution in [2.45, 2.75) is 6.92 Å². The zero-order valence-corrected chi connectivity index (χ0v) is 9.65. The van der Waals surface area contributed by atoms with Crippen LogP contribution in [0.3, 0.4) is 0 Å². The normalized spacial score (nSPS) is 8.83. The van der Waals surface area contributed by atoms with Gasteiger partial charge in [0.1, 0.15) is 6.54 Å². The zero-order chi connectivity index (χ0) is 13.5. The molecule has 1 aromatic rings. The largest absolute Gasteiger partial charge is 0.335 e. The van der Waals surface area contributed by atoms with Crippen LogP contribution in [0.1, 0.15) is 11.1 Å². The van der Waals surface area contributed by atoms with Crippen molar-refractivity contribution >= 4 is 17.5 Å². The van der Waals surface area contributed by atoms with E-state index >= 15 is 0 Å². The molecule has 1 aromatic carbocycles. The predicted molar refractivity (Wildman–Crippen MR) is 63.1 cm³/mol. The lowest BCUT2D eigenvalue weighted by Crippen LogP contribution is -2.35. The molecule has 2 amide bonds. The zero-order valence-electron chi connectivity index (χ0n) is 9.65. The second-order valence-corrected chi connectivity index (χ2v) is 3.44. The van der Waals surface area contributed by atoms with Crippen molar-refractivity contribution in [1.29, 1.82) is 10.5 Å². The summed E-state index contributed by atoms with van der Waals surface area (Å²) in [6.45, 7) is 1.51. The van der Waals surface area contributed by atoms with Crippen LogP contribution in [0.2, 0.25) is 0 Å². The Morgan fingerprint density at radius 1 is 1.28 bits per heavy atom. The quantitative estimate of drug-likeness (QED) is 0.579. The van der Waals surface area contributed by atoms with Crippen LogP contribution in [0.4, 0.5) is 5.69 Å². The second-order valence-electron chi connectivity index (χ2n) is 3.44. The van der Waals surface area contributed by atoms with Crippen LogP contribution < -0.4 is 10.6 Å². The van der Waals surface area contributed by atoms with E-state index in [0.29, 0.717) is 11.3 Å². The van der Waals surface area contributed by atoms with E-state index in [0.717, 1.165) is 5.56 Å². The summed E-state index contributed by atoms with van der Waals surface area (Å²) in [5, 5.41) is 21.5. The average Bonchev–Trinajstić information content (AvgIpc) is 2.38. The Kier molecular flexibility index (Phi) is 4.42. The molecule has 6 heteroatoms. The third-order valence-electron chi connectivity index (χ3n) is 2.15. The standard InChI is InChI=1S/C12H10N4O2/c1-8-2-3-9(7-14)6-10(8)16-12(18)11(17)15-5-4-13/h2-3,6H,5H2,1H3,(H,15,17)(H,16,18). The van der Waals surface area contributed by atoms with Gasteiger partial charge in [-0.3, -0.25) is 9.59 Å². The first-order chi connectivity index (χ1) is 8.58. The molecule has 0 aliphatic rings. The smallest absolute Gasteiger partial charge is 0.313 e. The van der Waals surface area contributed by atoms with Gasteiger partial charge in [0.15, 0.2) is 0 Å². The first-order valence-corrected chi connectivity index (χ1v) is 5.05. The van der Waals surface area contributed by atoms with Crippen molar-refractivity contribution in [3.05, 3.63) is 29.3 Å². The van der Waals surface area contributed by atoms with Gasteiger partial charge in [-0.25, -0.2) is 0 Å². The molecule has 0 aliphatic carbocycles. The molecule has 0 bridgehead atoms. The third-order valence-corrected chi connectivity index (χ3v) is 2.15. The summed E-state index contributed by atoms with van der Waals surface area (Å²) >= 11 is 0. The van der Waals surface area contributed by atoms with Crippen LogP contribution in [-0.4, -0.2) is 18.4 Å². The van der Waals surface area contributed by atoms with Gasteiger partial charge in [0, 0.05) is 5.69 Å². The maximum atomic E-state index is 11.5. The number of hydrogen-bond acceptors (Lipinski definition) is 4. The number of rotatable bonds is 2. The summed E-state index contributed by atoms with van der Waals surface area (Å²) in [4.78, 5) is 22.7. The highest BCUT2D eigenvalue weighted by Gasteiger charge is 2.14. The van der Waals surface area contributed by atoms with Gasteiger partial charge in [-0.05, 0) is 24.6 Å². The molecule has 90 valence electrons. The summed E-state index contributed by atoms with van der Waals surface area (Å²) in [5.74, 6) is -1.76. The van der Waals surface area contributed by atoms with Gasteiger partial charge in [0.05, 0.1) is 17.7 Å². The third kappa shape index (κ3) is 3.32. The monoisotopic (exact) mass is 242 g/mol. The minimum atomic E-state index is -0.890. The fourth-order valence-corrected chi connectivity index (χ4v) is 1.21. The van der Waals surface area contributed by atoms with Gasteiger partial charge in [-0.1, -0.05) is 6.07 Å². The molecule has 0 heterocycles.